The first-order valence-corrected chi connectivity index (χ1v) is 4.61. The molecule has 2 atom stereocenters. The van der Waals surface area contributed by atoms with Crippen LogP contribution >= 0.6 is 0 Å². The molecule has 6 heteroatoms. The number of carboxylic acid groups (broad SMARTS) is 1. The van der Waals surface area contributed by atoms with Crippen molar-refractivity contribution in [3.05, 3.63) is 12.3 Å². The molecule has 2 unspecified atom stereocenters. The topological polar surface area (TPSA) is 84.2 Å². The number of amides is 1. The molecule has 1 amide bonds. The van der Waals surface area contributed by atoms with Crippen LogP contribution in [0.3, 0.4) is 0 Å². The molecule has 2 N–H and O–H groups in total. The molecule has 1 fully saturated rings. The van der Waals surface area contributed by atoms with E-state index in [0.29, 0.717) is 12.2 Å². The summed E-state index contributed by atoms with van der Waals surface area (Å²) in [5.74, 6) is -1.63. The smallest absolute Gasteiger partial charge is 0.307 e. The summed E-state index contributed by atoms with van der Waals surface area (Å²) in [7, 11) is 1.74. The van der Waals surface area contributed by atoms with E-state index in [4.69, 9.17) is 5.11 Å². The Labute approximate surface area is 85.9 Å². The zero-order valence-corrected chi connectivity index (χ0v) is 8.17. The van der Waals surface area contributed by atoms with Gasteiger partial charge in [0.2, 0.25) is 5.91 Å². The molecule has 0 aromatic carbocycles. The first kappa shape index (κ1) is 9.70. The van der Waals surface area contributed by atoms with Gasteiger partial charge in [-0.2, -0.15) is 5.10 Å². The summed E-state index contributed by atoms with van der Waals surface area (Å²) in [5.41, 5.74) is 0. The molecule has 6 nitrogen and oxygen atoms in total. The van der Waals surface area contributed by atoms with Crippen molar-refractivity contribution >= 4 is 17.7 Å². The highest BCUT2D eigenvalue weighted by atomic mass is 16.4. The first-order valence-electron chi connectivity index (χ1n) is 4.61. The lowest BCUT2D eigenvalue weighted by molar-refractivity contribution is -0.139. The van der Waals surface area contributed by atoms with Gasteiger partial charge in [-0.1, -0.05) is 0 Å². The lowest BCUT2D eigenvalue weighted by Gasteiger charge is -1.99. The quantitative estimate of drug-likeness (QED) is 0.738. The zero-order valence-electron chi connectivity index (χ0n) is 8.17. The highest BCUT2D eigenvalue weighted by Crippen LogP contribution is 2.39. The summed E-state index contributed by atoms with van der Waals surface area (Å²) in [5, 5.41) is 15.2. The van der Waals surface area contributed by atoms with Crippen molar-refractivity contribution in [3.8, 4) is 0 Å². The maximum Gasteiger partial charge on any atom is 0.307 e. The van der Waals surface area contributed by atoms with Crippen molar-refractivity contribution in [2.75, 3.05) is 5.32 Å². The Morgan fingerprint density at radius 3 is 2.80 bits per heavy atom. The molecule has 1 aliphatic rings. The molecular formula is C9H11N3O3. The van der Waals surface area contributed by atoms with Crippen molar-refractivity contribution in [3.63, 3.8) is 0 Å². The third-order valence-electron chi connectivity index (χ3n) is 2.41. The Balaban J connectivity index is 1.92. The van der Waals surface area contributed by atoms with Gasteiger partial charge in [-0.15, -0.1) is 0 Å². The van der Waals surface area contributed by atoms with E-state index in [1.807, 2.05) is 0 Å². The minimum Gasteiger partial charge on any atom is -0.481 e. The van der Waals surface area contributed by atoms with Crippen LogP contribution < -0.4 is 5.32 Å². The molecule has 2 rings (SSSR count). The molecule has 80 valence electrons. The van der Waals surface area contributed by atoms with E-state index < -0.39 is 17.8 Å². The lowest BCUT2D eigenvalue weighted by atomic mass is 10.3. The molecule has 0 bridgehead atoms. The number of nitrogens with zero attached hydrogens (tertiary/aromatic N) is 2. The predicted molar refractivity (Wildman–Crippen MR) is 51.1 cm³/mol. The van der Waals surface area contributed by atoms with E-state index in [1.165, 1.54) is 0 Å². The van der Waals surface area contributed by atoms with Crippen LogP contribution in [0.2, 0.25) is 0 Å². The van der Waals surface area contributed by atoms with E-state index in [-0.39, 0.29) is 5.91 Å². The van der Waals surface area contributed by atoms with Gasteiger partial charge in [0.25, 0.3) is 0 Å². The van der Waals surface area contributed by atoms with Crippen LogP contribution in [0.25, 0.3) is 0 Å². The number of aliphatic carboxylic acids is 1. The minimum absolute atomic E-state index is 0.263. The van der Waals surface area contributed by atoms with Crippen molar-refractivity contribution in [2.45, 2.75) is 6.42 Å². The normalized spacial score (nSPS) is 23.5. The Morgan fingerprint density at radius 2 is 2.33 bits per heavy atom. The van der Waals surface area contributed by atoms with Crippen molar-refractivity contribution in [1.29, 1.82) is 0 Å². The number of carbonyl (C=O) groups excluding carboxylic acids is 1. The molecule has 0 spiro atoms. The van der Waals surface area contributed by atoms with Gasteiger partial charge in [0.15, 0.2) is 5.82 Å². The Hall–Kier alpha value is -1.85. The fourth-order valence-electron chi connectivity index (χ4n) is 1.46. The van der Waals surface area contributed by atoms with E-state index >= 15 is 0 Å². The van der Waals surface area contributed by atoms with E-state index in [9.17, 15) is 9.59 Å². The summed E-state index contributed by atoms with van der Waals surface area (Å²) in [6, 6.07) is 1.66. The van der Waals surface area contributed by atoms with Gasteiger partial charge >= 0.3 is 5.97 Å². The number of nitrogens with one attached hydrogen (secondary N) is 1. The molecular weight excluding hydrogens is 198 g/mol. The van der Waals surface area contributed by atoms with Gasteiger partial charge in [0.1, 0.15) is 0 Å². The molecule has 1 aromatic rings. The summed E-state index contributed by atoms with van der Waals surface area (Å²) < 4.78 is 1.57. The van der Waals surface area contributed by atoms with Gasteiger partial charge in [0, 0.05) is 19.3 Å². The number of anilines is 1. The van der Waals surface area contributed by atoms with E-state index in [1.54, 1.807) is 24.0 Å². The second kappa shape index (κ2) is 3.38. The van der Waals surface area contributed by atoms with Gasteiger partial charge < -0.3 is 10.4 Å². The molecule has 0 saturated heterocycles. The average Bonchev–Trinajstić information content (AvgIpc) is 2.86. The summed E-state index contributed by atoms with van der Waals surface area (Å²) >= 11 is 0. The van der Waals surface area contributed by atoms with Gasteiger partial charge in [-0.3, -0.25) is 14.3 Å². The minimum atomic E-state index is -0.906. The van der Waals surface area contributed by atoms with Crippen LogP contribution in [-0.2, 0) is 16.6 Å². The SMILES string of the molecule is Cn1ccc(NC(=O)C2CC2C(=O)O)n1. The van der Waals surface area contributed by atoms with E-state index in [2.05, 4.69) is 10.4 Å². The van der Waals surface area contributed by atoms with Crippen LogP contribution in [0.15, 0.2) is 12.3 Å². The lowest BCUT2D eigenvalue weighted by Crippen LogP contribution is -2.17. The number of carbonyl (C=O) groups is 2. The maximum atomic E-state index is 11.5. The number of carboxylic acids is 1. The predicted octanol–water partition coefficient (Wildman–Crippen LogP) is 0.0793. The van der Waals surface area contributed by atoms with Crippen molar-refractivity contribution < 1.29 is 14.7 Å². The zero-order chi connectivity index (χ0) is 11.0. The molecule has 0 aliphatic heterocycles. The van der Waals surface area contributed by atoms with Crippen molar-refractivity contribution in [2.24, 2.45) is 18.9 Å². The highest BCUT2D eigenvalue weighted by molar-refractivity contribution is 5.97. The van der Waals surface area contributed by atoms with Gasteiger partial charge in [-0.25, -0.2) is 0 Å². The number of aryl methyl sites for hydroxylation is 1. The summed E-state index contributed by atoms with van der Waals surface area (Å²) in [4.78, 5) is 22.0. The number of aromatic nitrogens is 2. The third-order valence-corrected chi connectivity index (χ3v) is 2.41. The van der Waals surface area contributed by atoms with E-state index in [0.717, 1.165) is 0 Å². The molecule has 1 saturated carbocycles. The maximum absolute atomic E-state index is 11.5. The number of rotatable bonds is 3. The summed E-state index contributed by atoms with van der Waals surface area (Å²) in [6.07, 6.45) is 2.13. The van der Waals surface area contributed by atoms with Gasteiger partial charge in [0.05, 0.1) is 11.8 Å². The molecule has 1 heterocycles. The van der Waals surface area contributed by atoms with Crippen LogP contribution in [0.5, 0.6) is 0 Å². The van der Waals surface area contributed by atoms with Crippen LogP contribution in [-0.4, -0.2) is 26.8 Å². The standard InChI is InChI=1S/C9H11N3O3/c1-12-3-2-7(11-12)10-8(13)5-4-6(5)9(14)15/h2-3,5-6H,4H2,1H3,(H,14,15)(H,10,11,13). The largest absolute Gasteiger partial charge is 0.481 e. The fraction of sp³-hybridized carbons (Fsp3) is 0.444. The second-order valence-corrected chi connectivity index (χ2v) is 3.65. The fourth-order valence-corrected chi connectivity index (χ4v) is 1.46. The molecule has 15 heavy (non-hydrogen) atoms. The molecule has 1 aliphatic carbocycles. The van der Waals surface area contributed by atoms with Gasteiger partial charge in [-0.05, 0) is 6.42 Å². The third kappa shape index (κ3) is 1.98. The van der Waals surface area contributed by atoms with Crippen LogP contribution in [0, 0.1) is 11.8 Å². The molecule has 1 aromatic heterocycles. The Bertz CT molecular complexity index is 412. The molecule has 0 radical (unpaired) electrons. The van der Waals surface area contributed by atoms with Crippen LogP contribution in [0.1, 0.15) is 6.42 Å². The Morgan fingerprint density at radius 1 is 1.60 bits per heavy atom. The monoisotopic (exact) mass is 209 g/mol. The Kier molecular flexibility index (Phi) is 2.18. The number of hydrogen-bond acceptors (Lipinski definition) is 3. The average molecular weight is 209 g/mol. The van der Waals surface area contributed by atoms with Crippen LogP contribution in [0.4, 0.5) is 5.82 Å². The summed E-state index contributed by atoms with van der Waals surface area (Å²) in [6.45, 7) is 0. The first-order chi connectivity index (χ1) is 7.08. The second-order valence-electron chi connectivity index (χ2n) is 3.65. The van der Waals surface area contributed by atoms with Crippen molar-refractivity contribution in [1.82, 2.24) is 9.78 Å². The number of hydrogen-bond donors (Lipinski definition) is 2. The highest BCUT2D eigenvalue weighted by Gasteiger charge is 2.48.